The van der Waals surface area contributed by atoms with Gasteiger partial charge in [0.25, 0.3) is 0 Å². The van der Waals surface area contributed by atoms with Crippen molar-refractivity contribution in [2.75, 3.05) is 13.2 Å². The maximum absolute atomic E-state index is 12.9. The number of carbonyl (C=O) groups is 1. The van der Waals surface area contributed by atoms with Crippen molar-refractivity contribution in [3.63, 3.8) is 0 Å². The van der Waals surface area contributed by atoms with E-state index >= 15 is 0 Å². The molecule has 2 atom stereocenters. The highest BCUT2D eigenvalue weighted by Crippen LogP contribution is 2.34. The second-order valence-electron chi connectivity index (χ2n) is 7.36. The fourth-order valence-corrected chi connectivity index (χ4v) is 4.49. The summed E-state index contributed by atoms with van der Waals surface area (Å²) in [6.07, 6.45) is 0.512. The number of carbonyl (C=O) groups excluding carboxylic acids is 1. The molecule has 1 fully saturated rings. The summed E-state index contributed by atoms with van der Waals surface area (Å²) in [5, 5.41) is 0. The molecule has 2 unspecified atom stereocenters. The summed E-state index contributed by atoms with van der Waals surface area (Å²) >= 11 is 1.73. The maximum atomic E-state index is 12.9. The molecule has 1 saturated heterocycles. The van der Waals surface area contributed by atoms with Crippen molar-refractivity contribution in [2.24, 2.45) is 11.8 Å². The minimum absolute atomic E-state index is 0.122. The van der Waals surface area contributed by atoms with Crippen LogP contribution in [0.3, 0.4) is 0 Å². The van der Waals surface area contributed by atoms with Gasteiger partial charge in [0.1, 0.15) is 0 Å². The molecule has 4 heteroatoms. The van der Waals surface area contributed by atoms with E-state index < -0.39 is 0 Å². The quantitative estimate of drug-likeness (QED) is 0.769. The van der Waals surface area contributed by atoms with Crippen LogP contribution in [0.2, 0.25) is 0 Å². The lowest BCUT2D eigenvalue weighted by Crippen LogP contribution is -2.19. The van der Waals surface area contributed by atoms with E-state index in [9.17, 15) is 4.79 Å². The van der Waals surface area contributed by atoms with Crippen LogP contribution in [-0.4, -0.2) is 25.3 Å². The first-order chi connectivity index (χ1) is 12.6. The fourth-order valence-electron chi connectivity index (χ4n) is 3.37. The Morgan fingerprint density at radius 1 is 1.00 bits per heavy atom. The Morgan fingerprint density at radius 3 is 2.50 bits per heavy atom. The van der Waals surface area contributed by atoms with Crippen molar-refractivity contribution < 1.29 is 14.3 Å². The molecule has 136 valence electrons. The summed E-state index contributed by atoms with van der Waals surface area (Å²) in [5.74, 6) is 1.97. The average molecular weight is 368 g/mol. The highest BCUT2D eigenvalue weighted by Gasteiger charge is 2.24. The molecule has 2 aromatic rings. The van der Waals surface area contributed by atoms with E-state index in [1.807, 2.05) is 36.4 Å². The SMILES string of the molecule is CC1COC(Cc2ccc3c(c2)SCc2ccccc2C3=O)OCC1C. The summed E-state index contributed by atoms with van der Waals surface area (Å²) in [6.45, 7) is 5.89. The van der Waals surface area contributed by atoms with E-state index in [0.717, 1.165) is 46.1 Å². The second-order valence-corrected chi connectivity index (χ2v) is 8.38. The van der Waals surface area contributed by atoms with Gasteiger partial charge in [0.15, 0.2) is 12.1 Å². The highest BCUT2D eigenvalue weighted by atomic mass is 32.2. The van der Waals surface area contributed by atoms with E-state index in [1.54, 1.807) is 11.8 Å². The molecule has 2 aliphatic heterocycles. The standard InChI is InChI=1S/C22H24O3S/c1-14-11-24-21(25-12-15(14)2)10-16-7-8-19-20(9-16)26-13-17-5-3-4-6-18(17)22(19)23/h3-9,14-15,21H,10-13H2,1-2H3. The topological polar surface area (TPSA) is 35.5 Å². The second kappa shape index (κ2) is 7.55. The first-order valence-electron chi connectivity index (χ1n) is 9.23. The lowest BCUT2D eigenvalue weighted by Gasteiger charge is -2.16. The third-order valence-electron chi connectivity index (χ3n) is 5.40. The molecule has 0 spiro atoms. The van der Waals surface area contributed by atoms with Crippen LogP contribution < -0.4 is 0 Å². The van der Waals surface area contributed by atoms with Crippen molar-refractivity contribution in [1.82, 2.24) is 0 Å². The van der Waals surface area contributed by atoms with Crippen LogP contribution in [-0.2, 0) is 21.6 Å². The average Bonchev–Trinajstić information content (AvgIpc) is 2.90. The highest BCUT2D eigenvalue weighted by molar-refractivity contribution is 7.98. The van der Waals surface area contributed by atoms with Crippen molar-refractivity contribution in [3.05, 3.63) is 64.7 Å². The molecule has 0 radical (unpaired) electrons. The van der Waals surface area contributed by atoms with Crippen molar-refractivity contribution >= 4 is 17.5 Å². The Morgan fingerprint density at radius 2 is 1.73 bits per heavy atom. The predicted molar refractivity (Wildman–Crippen MR) is 104 cm³/mol. The van der Waals surface area contributed by atoms with Gasteiger partial charge in [0.05, 0.1) is 13.2 Å². The molecule has 0 saturated carbocycles. The molecule has 4 rings (SSSR count). The smallest absolute Gasteiger partial charge is 0.194 e. The van der Waals surface area contributed by atoms with E-state index in [4.69, 9.17) is 9.47 Å². The van der Waals surface area contributed by atoms with Gasteiger partial charge in [-0.2, -0.15) is 0 Å². The Labute approximate surface area is 159 Å². The summed E-state index contributed by atoms with van der Waals surface area (Å²) in [5.41, 5.74) is 3.89. The van der Waals surface area contributed by atoms with E-state index in [0.29, 0.717) is 18.3 Å². The monoisotopic (exact) mass is 368 g/mol. The third kappa shape index (κ3) is 3.59. The number of rotatable bonds is 2. The van der Waals surface area contributed by atoms with Crippen LogP contribution in [0.1, 0.15) is 40.9 Å². The lowest BCUT2D eigenvalue weighted by atomic mass is 9.98. The molecule has 0 aliphatic carbocycles. The molecule has 2 heterocycles. The number of ether oxygens (including phenoxy) is 2. The molecule has 2 aromatic carbocycles. The fraction of sp³-hybridized carbons (Fsp3) is 0.409. The molecule has 0 amide bonds. The summed E-state index contributed by atoms with van der Waals surface area (Å²) < 4.78 is 11.9. The number of hydrogen-bond acceptors (Lipinski definition) is 4. The molecular formula is C22H24O3S. The van der Waals surface area contributed by atoms with E-state index in [1.165, 1.54) is 0 Å². The van der Waals surface area contributed by atoms with Crippen LogP contribution in [0.25, 0.3) is 0 Å². The summed E-state index contributed by atoms with van der Waals surface area (Å²) in [6, 6.07) is 14.0. The number of fused-ring (bicyclic) bond motifs is 2. The molecule has 0 aromatic heterocycles. The normalized spacial score (nSPS) is 25.8. The molecule has 0 bridgehead atoms. The Balaban J connectivity index is 1.54. The lowest BCUT2D eigenvalue weighted by molar-refractivity contribution is -0.128. The van der Waals surface area contributed by atoms with Gasteiger partial charge >= 0.3 is 0 Å². The number of benzene rings is 2. The Bertz CT molecular complexity index is 805. The van der Waals surface area contributed by atoms with Gasteiger partial charge in [-0.1, -0.05) is 44.2 Å². The van der Waals surface area contributed by atoms with Crippen LogP contribution in [0, 0.1) is 11.8 Å². The summed E-state index contributed by atoms with van der Waals surface area (Å²) in [7, 11) is 0. The van der Waals surface area contributed by atoms with Crippen molar-refractivity contribution in [1.29, 1.82) is 0 Å². The Kier molecular flexibility index (Phi) is 5.16. The van der Waals surface area contributed by atoms with Gasteiger partial charge < -0.3 is 9.47 Å². The first-order valence-corrected chi connectivity index (χ1v) is 10.2. The van der Waals surface area contributed by atoms with Crippen LogP contribution >= 0.6 is 11.8 Å². The van der Waals surface area contributed by atoms with Crippen molar-refractivity contribution in [3.8, 4) is 0 Å². The zero-order valence-electron chi connectivity index (χ0n) is 15.2. The molecule has 3 nitrogen and oxygen atoms in total. The van der Waals surface area contributed by atoms with Gasteiger partial charge in [-0.25, -0.2) is 0 Å². The van der Waals surface area contributed by atoms with Gasteiger partial charge in [0.2, 0.25) is 0 Å². The molecule has 0 N–H and O–H groups in total. The molecule has 2 aliphatic rings. The molecule has 26 heavy (non-hydrogen) atoms. The third-order valence-corrected chi connectivity index (χ3v) is 6.50. The number of ketones is 1. The van der Waals surface area contributed by atoms with Gasteiger partial charge in [0, 0.05) is 28.2 Å². The minimum Gasteiger partial charge on any atom is -0.352 e. The first kappa shape index (κ1) is 17.8. The number of hydrogen-bond donors (Lipinski definition) is 0. The maximum Gasteiger partial charge on any atom is 0.194 e. The van der Waals surface area contributed by atoms with Crippen molar-refractivity contribution in [2.45, 2.75) is 37.2 Å². The molecular weight excluding hydrogens is 344 g/mol. The zero-order valence-corrected chi connectivity index (χ0v) is 16.1. The van der Waals surface area contributed by atoms with Gasteiger partial charge in [-0.05, 0) is 35.1 Å². The van der Waals surface area contributed by atoms with Gasteiger partial charge in [-0.3, -0.25) is 4.79 Å². The van der Waals surface area contributed by atoms with E-state index in [2.05, 4.69) is 19.9 Å². The van der Waals surface area contributed by atoms with Crippen LogP contribution in [0.15, 0.2) is 47.4 Å². The number of thioether (sulfide) groups is 1. The minimum atomic E-state index is -0.205. The van der Waals surface area contributed by atoms with Gasteiger partial charge in [-0.15, -0.1) is 11.8 Å². The van der Waals surface area contributed by atoms with Crippen LogP contribution in [0.5, 0.6) is 0 Å². The Hall–Kier alpha value is -1.62. The summed E-state index contributed by atoms with van der Waals surface area (Å²) in [4.78, 5) is 13.9. The van der Waals surface area contributed by atoms with E-state index in [-0.39, 0.29) is 12.1 Å². The van der Waals surface area contributed by atoms with Crippen LogP contribution in [0.4, 0.5) is 0 Å². The predicted octanol–water partition coefficient (Wildman–Crippen LogP) is 4.71. The zero-order chi connectivity index (χ0) is 18.1. The largest absolute Gasteiger partial charge is 0.352 e.